The number of carbonyl (C=O) groups excluding carboxylic acids is 1. The lowest BCUT2D eigenvalue weighted by atomic mass is 9.70. The van der Waals surface area contributed by atoms with Crippen molar-refractivity contribution in [2.45, 2.75) is 32.6 Å². The molecule has 0 spiro atoms. The van der Waals surface area contributed by atoms with Gasteiger partial charge in [0, 0.05) is 30.1 Å². The number of allylic oxidation sites excluding steroid dienone is 2. The molecule has 0 radical (unpaired) electrons. The molecule has 7 nitrogen and oxygen atoms in total. The van der Waals surface area contributed by atoms with E-state index in [1.165, 1.54) is 4.68 Å². The molecule has 5 rings (SSSR count). The van der Waals surface area contributed by atoms with Crippen molar-refractivity contribution in [2.24, 2.45) is 5.41 Å². The SMILES string of the molecule is CC1(C)CC(=O)C2=C(C1)Nc1[nH]n(-c3ccccc3)c(=O)c1[C@H]2c1ncc[nH]1. The number of nitrogens with zero attached hydrogens (tertiary/aromatic N) is 2. The highest BCUT2D eigenvalue weighted by Gasteiger charge is 2.43. The fourth-order valence-electron chi connectivity index (χ4n) is 4.36. The minimum atomic E-state index is -0.501. The number of para-hydroxylation sites is 1. The largest absolute Gasteiger partial charge is 0.348 e. The van der Waals surface area contributed by atoms with Crippen molar-refractivity contribution in [2.75, 3.05) is 5.32 Å². The molecule has 3 N–H and O–H groups in total. The monoisotopic (exact) mass is 375 g/mol. The summed E-state index contributed by atoms with van der Waals surface area (Å²) in [6.07, 6.45) is 4.56. The van der Waals surface area contributed by atoms with Crippen LogP contribution in [0.25, 0.3) is 5.69 Å². The molecule has 1 atom stereocenters. The minimum absolute atomic E-state index is 0.0673. The smallest absolute Gasteiger partial charge is 0.277 e. The van der Waals surface area contributed by atoms with Crippen LogP contribution in [0.1, 0.15) is 44.0 Å². The highest BCUT2D eigenvalue weighted by Crippen LogP contribution is 2.47. The molecule has 3 heterocycles. The third-order valence-electron chi connectivity index (χ3n) is 5.51. The Kier molecular flexibility index (Phi) is 3.49. The molecule has 0 amide bonds. The van der Waals surface area contributed by atoms with Gasteiger partial charge in [0.15, 0.2) is 5.78 Å². The van der Waals surface area contributed by atoms with Gasteiger partial charge in [-0.1, -0.05) is 32.0 Å². The van der Waals surface area contributed by atoms with Gasteiger partial charge in [-0.3, -0.25) is 14.7 Å². The van der Waals surface area contributed by atoms with Crippen LogP contribution >= 0.6 is 0 Å². The van der Waals surface area contributed by atoms with E-state index in [4.69, 9.17) is 0 Å². The van der Waals surface area contributed by atoms with Crippen LogP contribution in [-0.4, -0.2) is 25.5 Å². The van der Waals surface area contributed by atoms with Crippen molar-refractivity contribution in [1.82, 2.24) is 19.7 Å². The van der Waals surface area contributed by atoms with E-state index in [0.717, 1.165) is 17.8 Å². The summed E-state index contributed by atoms with van der Waals surface area (Å²) in [5.74, 6) is 0.801. The van der Waals surface area contributed by atoms with Crippen LogP contribution in [0.3, 0.4) is 0 Å². The van der Waals surface area contributed by atoms with Crippen molar-refractivity contribution in [3.8, 4) is 5.69 Å². The normalized spacial score (nSPS) is 20.5. The molecular weight excluding hydrogens is 354 g/mol. The number of aromatic nitrogens is 4. The van der Waals surface area contributed by atoms with Gasteiger partial charge in [0.05, 0.1) is 17.2 Å². The van der Waals surface area contributed by atoms with E-state index in [2.05, 4.69) is 34.2 Å². The van der Waals surface area contributed by atoms with Crippen molar-refractivity contribution in [3.05, 3.63) is 75.7 Å². The average Bonchev–Trinajstić information content (AvgIpc) is 3.28. The Morgan fingerprint density at radius 3 is 2.64 bits per heavy atom. The fraction of sp³-hybridized carbons (Fsp3) is 0.286. The second-order valence-electron chi connectivity index (χ2n) is 8.24. The first-order valence-corrected chi connectivity index (χ1v) is 9.37. The lowest BCUT2D eigenvalue weighted by molar-refractivity contribution is -0.118. The van der Waals surface area contributed by atoms with Crippen LogP contribution in [0, 0.1) is 5.41 Å². The number of H-pyrrole nitrogens is 2. The molecule has 1 aliphatic carbocycles. The Bertz CT molecular complexity index is 1150. The zero-order chi connectivity index (χ0) is 19.5. The van der Waals surface area contributed by atoms with Gasteiger partial charge in [0.25, 0.3) is 5.56 Å². The number of hydrogen-bond donors (Lipinski definition) is 3. The maximum absolute atomic E-state index is 13.3. The summed E-state index contributed by atoms with van der Waals surface area (Å²) in [7, 11) is 0. The summed E-state index contributed by atoms with van der Waals surface area (Å²) in [4.78, 5) is 33.9. The first-order valence-electron chi connectivity index (χ1n) is 9.37. The molecule has 0 fully saturated rings. The Hall–Kier alpha value is -3.35. The predicted octanol–water partition coefficient (Wildman–Crippen LogP) is 3.09. The number of benzene rings is 1. The first-order chi connectivity index (χ1) is 13.4. The predicted molar refractivity (Wildman–Crippen MR) is 105 cm³/mol. The summed E-state index contributed by atoms with van der Waals surface area (Å²) >= 11 is 0. The number of Topliss-reactive ketones (excluding diaryl/α,β-unsaturated/α-hetero) is 1. The quantitative estimate of drug-likeness (QED) is 0.641. The standard InChI is InChI=1S/C21H21N5O2/c1-21(2)10-13-15(14(27)11-21)16(18-22-8-9-23-18)17-19(24-13)25-26(20(17)28)12-6-4-3-5-7-12/h3-9,16,24-25H,10-11H2,1-2H3,(H,22,23)/t16-/m0/s1. The van der Waals surface area contributed by atoms with Crippen molar-refractivity contribution in [3.63, 3.8) is 0 Å². The van der Waals surface area contributed by atoms with Gasteiger partial charge in [-0.05, 0) is 24.0 Å². The van der Waals surface area contributed by atoms with Gasteiger partial charge in [-0.15, -0.1) is 0 Å². The topological polar surface area (TPSA) is 95.6 Å². The van der Waals surface area contributed by atoms with Gasteiger partial charge >= 0.3 is 0 Å². The van der Waals surface area contributed by atoms with Gasteiger partial charge < -0.3 is 10.3 Å². The highest BCUT2D eigenvalue weighted by atomic mass is 16.1. The van der Waals surface area contributed by atoms with E-state index in [1.54, 1.807) is 12.4 Å². The van der Waals surface area contributed by atoms with Gasteiger partial charge in [-0.2, -0.15) is 0 Å². The van der Waals surface area contributed by atoms with Crippen LogP contribution in [0.5, 0.6) is 0 Å². The number of carbonyl (C=O) groups is 1. The molecule has 142 valence electrons. The summed E-state index contributed by atoms with van der Waals surface area (Å²) in [5.41, 5.74) is 2.47. The van der Waals surface area contributed by atoms with Crippen molar-refractivity contribution in [1.29, 1.82) is 0 Å². The second-order valence-corrected chi connectivity index (χ2v) is 8.24. The molecule has 7 heteroatoms. The Balaban J connectivity index is 1.74. The number of imidazole rings is 1. The number of anilines is 1. The number of hydrogen-bond acceptors (Lipinski definition) is 4. The summed E-state index contributed by atoms with van der Waals surface area (Å²) < 4.78 is 1.52. The Morgan fingerprint density at radius 1 is 1.14 bits per heavy atom. The second kappa shape index (κ2) is 5.82. The summed E-state index contributed by atoms with van der Waals surface area (Å²) in [6.45, 7) is 4.18. The maximum Gasteiger partial charge on any atom is 0.277 e. The highest BCUT2D eigenvalue weighted by molar-refractivity contribution is 6.01. The molecule has 0 bridgehead atoms. The van der Waals surface area contributed by atoms with E-state index in [1.807, 2.05) is 30.3 Å². The summed E-state index contributed by atoms with van der Waals surface area (Å²) in [6, 6.07) is 9.41. The van der Waals surface area contributed by atoms with E-state index < -0.39 is 5.92 Å². The minimum Gasteiger partial charge on any atom is -0.348 e. The van der Waals surface area contributed by atoms with E-state index in [-0.39, 0.29) is 16.8 Å². The van der Waals surface area contributed by atoms with Gasteiger partial charge in [0.1, 0.15) is 11.6 Å². The van der Waals surface area contributed by atoms with Gasteiger partial charge in [-0.25, -0.2) is 9.67 Å². The molecule has 28 heavy (non-hydrogen) atoms. The summed E-state index contributed by atoms with van der Waals surface area (Å²) in [5, 5.41) is 6.54. The first kappa shape index (κ1) is 16.8. The third-order valence-corrected chi connectivity index (χ3v) is 5.51. The Labute approximate surface area is 161 Å². The van der Waals surface area contributed by atoms with Crippen LogP contribution in [0.15, 0.2) is 58.8 Å². The van der Waals surface area contributed by atoms with Crippen molar-refractivity contribution >= 4 is 11.6 Å². The van der Waals surface area contributed by atoms with E-state index >= 15 is 0 Å². The number of rotatable bonds is 2. The van der Waals surface area contributed by atoms with Crippen LogP contribution < -0.4 is 10.9 Å². The molecule has 3 aromatic rings. The zero-order valence-electron chi connectivity index (χ0n) is 15.7. The molecule has 0 unspecified atom stereocenters. The molecule has 2 aliphatic rings. The molecule has 2 aromatic heterocycles. The van der Waals surface area contributed by atoms with Gasteiger partial charge in [0.2, 0.25) is 0 Å². The number of ketones is 1. The van der Waals surface area contributed by atoms with Crippen LogP contribution in [-0.2, 0) is 4.79 Å². The van der Waals surface area contributed by atoms with E-state index in [9.17, 15) is 9.59 Å². The third kappa shape index (κ3) is 2.46. The molecule has 0 saturated carbocycles. The molecular formula is C21H21N5O2. The molecule has 0 saturated heterocycles. The number of fused-ring (bicyclic) bond motifs is 1. The molecule has 1 aliphatic heterocycles. The number of nitrogens with one attached hydrogen (secondary N) is 3. The number of aromatic amines is 2. The average molecular weight is 375 g/mol. The Morgan fingerprint density at radius 2 is 1.93 bits per heavy atom. The van der Waals surface area contributed by atoms with E-state index in [0.29, 0.717) is 29.2 Å². The zero-order valence-corrected chi connectivity index (χ0v) is 15.7. The fourth-order valence-corrected chi connectivity index (χ4v) is 4.36. The van der Waals surface area contributed by atoms with Crippen molar-refractivity contribution < 1.29 is 4.79 Å². The van der Waals surface area contributed by atoms with Crippen LogP contribution in [0.4, 0.5) is 5.82 Å². The lowest BCUT2D eigenvalue weighted by Gasteiger charge is -2.37. The maximum atomic E-state index is 13.3. The lowest BCUT2D eigenvalue weighted by Crippen LogP contribution is -2.35. The van der Waals surface area contributed by atoms with Crippen LogP contribution in [0.2, 0.25) is 0 Å². The molecule has 1 aromatic carbocycles.